The van der Waals surface area contributed by atoms with Gasteiger partial charge in [0.1, 0.15) is 24.7 Å². The molecule has 1 aliphatic heterocycles. The third-order valence-corrected chi connectivity index (χ3v) is 6.62. The average Bonchev–Trinajstić information content (AvgIpc) is 3.51. The minimum absolute atomic E-state index is 0.0537. The predicted molar refractivity (Wildman–Crippen MR) is 135 cm³/mol. The minimum Gasteiger partial charge on any atom is -0.480 e. The van der Waals surface area contributed by atoms with E-state index >= 15 is 0 Å². The number of piperazine rings is 1. The van der Waals surface area contributed by atoms with Crippen LogP contribution in [0.1, 0.15) is 0 Å². The Morgan fingerprint density at radius 1 is 0.750 bits per heavy atom. The first kappa shape index (κ1) is 23.4. The van der Waals surface area contributed by atoms with Crippen LogP contribution in [0.2, 0.25) is 0 Å². The van der Waals surface area contributed by atoms with Gasteiger partial charge in [0.15, 0.2) is 9.54 Å². The first-order chi connectivity index (χ1) is 17.3. The van der Waals surface area contributed by atoms with Crippen molar-refractivity contribution in [1.82, 2.24) is 29.5 Å². The number of anilines is 2. The summed E-state index contributed by atoms with van der Waals surface area (Å²) in [5.74, 6) is -2.13. The third-order valence-electron chi connectivity index (χ3n) is 6.05. The number of carboxylic acid groups (broad SMARTS) is 2. The van der Waals surface area contributed by atoms with Crippen LogP contribution in [-0.4, -0.2) is 76.9 Å². The Morgan fingerprint density at radius 3 is 1.47 bits per heavy atom. The second kappa shape index (κ2) is 9.39. The van der Waals surface area contributed by atoms with Gasteiger partial charge in [0.2, 0.25) is 0 Å². The van der Waals surface area contributed by atoms with E-state index < -0.39 is 24.0 Å². The van der Waals surface area contributed by atoms with Crippen molar-refractivity contribution in [3.63, 3.8) is 0 Å². The summed E-state index contributed by atoms with van der Waals surface area (Å²) in [7, 11) is 0. The highest BCUT2D eigenvalue weighted by Crippen LogP contribution is 2.30. The fourth-order valence-corrected chi connectivity index (χ4v) is 4.74. The van der Waals surface area contributed by atoms with E-state index in [1.807, 2.05) is 12.1 Å². The number of nitrogens with zero attached hydrogens (tertiary/aromatic N) is 6. The third kappa shape index (κ3) is 4.27. The van der Waals surface area contributed by atoms with Crippen molar-refractivity contribution in [2.75, 3.05) is 22.9 Å². The number of benzene rings is 2. The van der Waals surface area contributed by atoms with E-state index in [0.29, 0.717) is 32.3 Å². The Morgan fingerprint density at radius 2 is 1.14 bits per heavy atom. The maximum absolute atomic E-state index is 12.4. The summed E-state index contributed by atoms with van der Waals surface area (Å²) >= 11 is 10.5. The fraction of sp³-hybridized carbons (Fsp3) is 0.182. The molecule has 2 aromatic heterocycles. The van der Waals surface area contributed by atoms with Gasteiger partial charge in [-0.25, -0.2) is 9.59 Å². The van der Waals surface area contributed by atoms with Crippen LogP contribution in [0.4, 0.5) is 11.4 Å². The van der Waals surface area contributed by atoms with Gasteiger partial charge < -0.3 is 20.0 Å². The number of hydrogen-bond donors (Lipinski definition) is 4. The smallest absolute Gasteiger partial charge is 0.328 e. The molecular formula is C22H20N8O4S2. The molecule has 0 amide bonds. The van der Waals surface area contributed by atoms with Crippen LogP contribution in [0, 0.1) is 9.54 Å². The van der Waals surface area contributed by atoms with Gasteiger partial charge in [-0.1, -0.05) is 12.1 Å². The van der Waals surface area contributed by atoms with Crippen molar-refractivity contribution in [3.05, 3.63) is 70.7 Å². The SMILES string of the molecule is O=C(O)C1CN(c2cccc(-n3cn[nH]c3=S)c2)C(C(=O)O)CN1c1cccc(-n2cn[nH]c2=S)c1. The molecule has 0 spiro atoms. The van der Waals surface area contributed by atoms with Crippen LogP contribution < -0.4 is 9.80 Å². The molecule has 5 rings (SSSR count). The van der Waals surface area contributed by atoms with E-state index in [1.54, 1.807) is 55.3 Å². The topological polar surface area (TPSA) is 148 Å². The Labute approximate surface area is 214 Å². The second-order valence-corrected chi connectivity index (χ2v) is 8.89. The van der Waals surface area contributed by atoms with Gasteiger partial charge in [0.05, 0.1) is 24.5 Å². The van der Waals surface area contributed by atoms with E-state index in [2.05, 4.69) is 20.4 Å². The van der Waals surface area contributed by atoms with E-state index in [4.69, 9.17) is 24.4 Å². The lowest BCUT2D eigenvalue weighted by Gasteiger charge is -2.45. The zero-order valence-corrected chi connectivity index (χ0v) is 20.2. The second-order valence-electron chi connectivity index (χ2n) is 8.12. The summed E-state index contributed by atoms with van der Waals surface area (Å²) in [4.78, 5) is 27.9. The predicted octanol–water partition coefficient (Wildman–Crippen LogP) is 2.41. The number of H-pyrrole nitrogens is 2. The highest BCUT2D eigenvalue weighted by molar-refractivity contribution is 7.71. The molecule has 2 aromatic carbocycles. The Hall–Kier alpha value is -4.30. The lowest BCUT2D eigenvalue weighted by molar-refractivity contribution is -0.142. The van der Waals surface area contributed by atoms with Crippen LogP contribution in [0.25, 0.3) is 11.4 Å². The largest absolute Gasteiger partial charge is 0.480 e. The first-order valence-corrected chi connectivity index (χ1v) is 11.6. The number of carbonyl (C=O) groups is 2. The molecule has 36 heavy (non-hydrogen) atoms. The van der Waals surface area contributed by atoms with Gasteiger partial charge in [0, 0.05) is 11.4 Å². The number of aromatic amines is 2. The molecule has 14 heteroatoms. The Balaban J connectivity index is 1.52. The number of carboxylic acids is 2. The number of nitrogens with one attached hydrogen (secondary N) is 2. The van der Waals surface area contributed by atoms with Gasteiger partial charge in [-0.05, 0) is 60.8 Å². The summed E-state index contributed by atoms with van der Waals surface area (Å²) in [5, 5.41) is 33.4. The standard InChI is InChI=1S/C22H20N8O4S2/c31-19(32)17-10-28(14-4-2-6-16(8-14)30-12-24-26-22(30)36)18(20(33)34)9-27(17)13-3-1-5-15(7-13)29-11-23-25-21(29)35/h1-8,11-12,17-18H,9-10H2,(H,25,35)(H,26,36)(H,31,32)(H,33,34). The summed E-state index contributed by atoms with van der Waals surface area (Å²) in [5.41, 5.74) is 2.48. The molecule has 4 aromatic rings. The van der Waals surface area contributed by atoms with Gasteiger partial charge in [-0.15, -0.1) is 0 Å². The first-order valence-electron chi connectivity index (χ1n) is 10.8. The lowest BCUT2D eigenvalue weighted by Crippen LogP contribution is -2.63. The number of aromatic nitrogens is 6. The molecule has 184 valence electrons. The quantitative estimate of drug-likeness (QED) is 0.277. The molecule has 1 fully saturated rings. The van der Waals surface area contributed by atoms with Gasteiger partial charge in [-0.2, -0.15) is 10.2 Å². The van der Waals surface area contributed by atoms with Crippen molar-refractivity contribution in [3.8, 4) is 11.4 Å². The molecule has 0 aliphatic carbocycles. The molecular weight excluding hydrogens is 504 g/mol. The van der Waals surface area contributed by atoms with Crippen LogP contribution in [0.15, 0.2) is 61.2 Å². The zero-order chi connectivity index (χ0) is 25.4. The fourth-order valence-electron chi connectivity index (χ4n) is 4.32. The summed E-state index contributed by atoms with van der Waals surface area (Å²) in [6.07, 6.45) is 3.04. The zero-order valence-electron chi connectivity index (χ0n) is 18.6. The van der Waals surface area contributed by atoms with Crippen LogP contribution >= 0.6 is 24.4 Å². The molecule has 1 saturated heterocycles. The van der Waals surface area contributed by atoms with Crippen LogP contribution in [-0.2, 0) is 9.59 Å². The Bertz CT molecular complexity index is 1440. The highest BCUT2D eigenvalue weighted by atomic mass is 32.1. The van der Waals surface area contributed by atoms with Gasteiger partial charge in [-0.3, -0.25) is 19.3 Å². The van der Waals surface area contributed by atoms with E-state index in [1.165, 1.54) is 12.7 Å². The van der Waals surface area contributed by atoms with Crippen molar-refractivity contribution in [2.24, 2.45) is 0 Å². The Kier molecular flexibility index (Phi) is 6.12. The molecule has 0 radical (unpaired) electrons. The van der Waals surface area contributed by atoms with Gasteiger partial charge >= 0.3 is 11.9 Å². The molecule has 0 bridgehead atoms. The summed E-state index contributed by atoms with van der Waals surface area (Å²) < 4.78 is 4.05. The maximum atomic E-state index is 12.4. The summed E-state index contributed by atoms with van der Waals surface area (Å²) in [6, 6.07) is 12.1. The van der Waals surface area contributed by atoms with Gasteiger partial charge in [0.25, 0.3) is 0 Å². The van der Waals surface area contributed by atoms with Crippen molar-refractivity contribution in [1.29, 1.82) is 0 Å². The van der Waals surface area contributed by atoms with Crippen molar-refractivity contribution < 1.29 is 19.8 Å². The molecule has 0 saturated carbocycles. The number of rotatable bonds is 6. The van der Waals surface area contributed by atoms with E-state index in [0.717, 1.165) is 0 Å². The molecule has 1 aliphatic rings. The molecule has 4 N–H and O–H groups in total. The minimum atomic E-state index is -1.07. The normalized spacial score (nSPS) is 17.8. The number of aliphatic carboxylic acids is 2. The molecule has 12 nitrogen and oxygen atoms in total. The lowest BCUT2D eigenvalue weighted by atomic mass is 10.0. The average molecular weight is 525 g/mol. The van der Waals surface area contributed by atoms with E-state index in [9.17, 15) is 19.8 Å². The molecule has 2 atom stereocenters. The molecule has 3 heterocycles. The van der Waals surface area contributed by atoms with Crippen molar-refractivity contribution >= 4 is 47.7 Å². The molecule has 2 unspecified atom stereocenters. The maximum Gasteiger partial charge on any atom is 0.328 e. The van der Waals surface area contributed by atoms with Crippen molar-refractivity contribution in [2.45, 2.75) is 12.1 Å². The monoisotopic (exact) mass is 524 g/mol. The number of hydrogen-bond acceptors (Lipinski definition) is 8. The van der Waals surface area contributed by atoms with E-state index in [-0.39, 0.29) is 13.1 Å². The summed E-state index contributed by atoms with van der Waals surface area (Å²) in [6.45, 7) is -0.107. The van der Waals surface area contributed by atoms with Crippen LogP contribution in [0.5, 0.6) is 0 Å². The van der Waals surface area contributed by atoms with Crippen LogP contribution in [0.3, 0.4) is 0 Å². The highest BCUT2D eigenvalue weighted by Gasteiger charge is 2.41.